The summed E-state index contributed by atoms with van der Waals surface area (Å²) >= 11 is 14.4. The number of alkyl halides is 3. The van der Waals surface area contributed by atoms with E-state index in [-0.39, 0.29) is 11.3 Å². The quantitative estimate of drug-likeness (QED) is 0.696. The summed E-state index contributed by atoms with van der Waals surface area (Å²) in [5.74, 6) is 0.167. The first-order valence-electron chi connectivity index (χ1n) is 4.38. The minimum absolute atomic E-state index is 0. The van der Waals surface area contributed by atoms with E-state index in [9.17, 15) is 4.79 Å². The van der Waals surface area contributed by atoms with Crippen molar-refractivity contribution >= 4 is 40.6 Å². The van der Waals surface area contributed by atoms with Crippen LogP contribution in [0.5, 0.6) is 0 Å². The average Bonchev–Trinajstić information content (AvgIpc) is 2.61. The predicted octanol–water partition coefficient (Wildman–Crippen LogP) is 2.16. The first-order valence-corrected chi connectivity index (χ1v) is 5.69. The molecule has 0 amide bonds. The van der Waals surface area contributed by atoms with Crippen molar-refractivity contribution in [2.75, 3.05) is 20.3 Å². The molecule has 4 nitrogen and oxygen atoms in total. The smallest absolute Gasteiger partial charge is 0.180 e. The lowest BCUT2D eigenvalue weighted by molar-refractivity contribution is -0.114. The van der Waals surface area contributed by atoms with Crippen LogP contribution < -0.4 is 0 Å². The third-order valence-corrected chi connectivity index (χ3v) is 0.827. The predicted molar refractivity (Wildman–Crippen MR) is 69.5 cm³/mol. The highest BCUT2D eigenvalue weighted by molar-refractivity contribution is 6.63. The summed E-state index contributed by atoms with van der Waals surface area (Å²) in [5, 5.41) is 7.00. The highest BCUT2D eigenvalue weighted by Crippen LogP contribution is 2.03. The van der Waals surface area contributed by atoms with E-state index in [1.807, 2.05) is 0 Å². The zero-order valence-electron chi connectivity index (χ0n) is 9.80. The molecule has 1 aliphatic rings. The molecule has 7 heteroatoms. The van der Waals surface area contributed by atoms with E-state index in [0.717, 1.165) is 20.3 Å². The third-order valence-electron chi connectivity index (χ3n) is 0.827. The summed E-state index contributed by atoms with van der Waals surface area (Å²) in [6.07, 6.45) is 2.56. The van der Waals surface area contributed by atoms with Gasteiger partial charge in [-0.05, 0) is 26.7 Å². The molecule has 0 saturated carbocycles. The topological polar surface area (TPSA) is 78.0 Å². The van der Waals surface area contributed by atoms with Crippen molar-refractivity contribution in [1.29, 1.82) is 0 Å². The van der Waals surface area contributed by atoms with Gasteiger partial charge >= 0.3 is 0 Å². The van der Waals surface area contributed by atoms with Gasteiger partial charge in [0.15, 0.2) is 4.30 Å². The molecule has 0 atom stereocenters. The molecule has 3 N–H and O–H groups in total. The molecule has 1 saturated heterocycles. The summed E-state index contributed by atoms with van der Waals surface area (Å²) in [6.45, 7) is 5.06. The number of Topliss-reactive ketones (excluding diaryl/α,β-unsaturated/α-hetero) is 1. The molecule has 0 spiro atoms. The summed E-state index contributed by atoms with van der Waals surface area (Å²) in [4.78, 5) is 9.44. The van der Waals surface area contributed by atoms with Gasteiger partial charge in [-0.1, -0.05) is 34.8 Å². The molecule has 16 heavy (non-hydrogen) atoms. The van der Waals surface area contributed by atoms with Crippen LogP contribution in [0.4, 0.5) is 0 Å². The van der Waals surface area contributed by atoms with Gasteiger partial charge in [-0.15, -0.1) is 0 Å². The van der Waals surface area contributed by atoms with Crippen LogP contribution in [0.25, 0.3) is 0 Å². The van der Waals surface area contributed by atoms with Gasteiger partial charge in [-0.25, -0.2) is 0 Å². The van der Waals surface area contributed by atoms with Gasteiger partial charge in [0, 0.05) is 20.3 Å². The largest absolute Gasteiger partial charge is 0.412 e. The number of aliphatic hydroxyl groups excluding tert-OH is 1. The van der Waals surface area contributed by atoms with Crippen LogP contribution >= 0.6 is 34.8 Å². The molecule has 0 radical (unpaired) electrons. The highest BCUT2D eigenvalue weighted by atomic mass is 35.6. The second kappa shape index (κ2) is 24.6. The second-order valence-electron chi connectivity index (χ2n) is 2.48. The Hall–Kier alpha value is 0.420. The third kappa shape index (κ3) is 88.4. The lowest BCUT2D eigenvalue weighted by atomic mass is 10.4. The molecule has 0 aromatic rings. The Morgan fingerprint density at radius 1 is 1.12 bits per heavy atom. The summed E-state index contributed by atoms with van der Waals surface area (Å²) < 4.78 is 4.19. The molecule has 0 aromatic carbocycles. The fourth-order valence-corrected chi connectivity index (χ4v) is 0.510. The van der Waals surface area contributed by atoms with Crippen LogP contribution in [-0.4, -0.2) is 41.0 Å². The van der Waals surface area contributed by atoms with Crippen molar-refractivity contribution in [2.24, 2.45) is 0 Å². The number of halogens is 3. The minimum atomic E-state index is -0.750. The zero-order chi connectivity index (χ0) is 12.7. The molecule has 1 heterocycles. The van der Waals surface area contributed by atoms with E-state index in [4.69, 9.17) is 44.6 Å². The standard InChI is InChI=1S/C4H8O.C3H6O.CHCl3.CH4O.H2O/c1-2-4-5-3-1;1-3(2)4;2-1(3)4;1-2;/h1-4H2;1-2H3;1H;2H,1H3;1H2. The van der Waals surface area contributed by atoms with E-state index < -0.39 is 4.30 Å². The van der Waals surface area contributed by atoms with E-state index in [2.05, 4.69) is 0 Å². The Morgan fingerprint density at radius 2 is 1.31 bits per heavy atom. The number of carbonyl (C=O) groups is 1. The highest BCUT2D eigenvalue weighted by Gasteiger charge is 1.94. The van der Waals surface area contributed by atoms with E-state index in [0.29, 0.717) is 0 Å². The molecule has 1 aliphatic heterocycles. The SMILES string of the molecule is C1CCOC1.CC(C)=O.CO.ClC(Cl)Cl.O. The van der Waals surface area contributed by atoms with Crippen LogP contribution in [-0.2, 0) is 9.53 Å². The number of hydrogen-bond acceptors (Lipinski definition) is 3. The van der Waals surface area contributed by atoms with Gasteiger partial charge in [0.1, 0.15) is 5.78 Å². The van der Waals surface area contributed by atoms with Gasteiger partial charge in [-0.3, -0.25) is 0 Å². The molecule has 102 valence electrons. The monoisotopic (exact) mass is 298 g/mol. The van der Waals surface area contributed by atoms with Crippen LogP contribution in [0, 0.1) is 0 Å². The Kier molecular flexibility index (Phi) is 38.9. The molecule has 0 aliphatic carbocycles. The first-order chi connectivity index (χ1) is 6.96. The van der Waals surface area contributed by atoms with Crippen LogP contribution in [0.3, 0.4) is 0 Å². The fraction of sp³-hybridized carbons (Fsp3) is 0.889. The lowest BCUT2D eigenvalue weighted by Crippen LogP contribution is -1.74. The Bertz CT molecular complexity index is 105. The summed E-state index contributed by atoms with van der Waals surface area (Å²) in [7, 11) is 1.00. The number of aliphatic hydroxyl groups is 1. The van der Waals surface area contributed by atoms with Gasteiger partial charge in [0.25, 0.3) is 0 Å². The average molecular weight is 300 g/mol. The van der Waals surface area contributed by atoms with Crippen LogP contribution in [0.15, 0.2) is 0 Å². The van der Waals surface area contributed by atoms with Crippen molar-refractivity contribution in [3.63, 3.8) is 0 Å². The Labute approximate surface area is 112 Å². The molecular weight excluding hydrogens is 278 g/mol. The van der Waals surface area contributed by atoms with E-state index in [1.54, 1.807) is 0 Å². The van der Waals surface area contributed by atoms with Gasteiger partial charge in [0.2, 0.25) is 0 Å². The second-order valence-corrected chi connectivity index (χ2v) is 4.45. The maximum Gasteiger partial charge on any atom is 0.180 e. The van der Waals surface area contributed by atoms with Gasteiger partial charge in [-0.2, -0.15) is 0 Å². The minimum Gasteiger partial charge on any atom is -0.412 e. The van der Waals surface area contributed by atoms with Crippen molar-refractivity contribution < 1.29 is 20.1 Å². The molecule has 1 rings (SSSR count). The molecule has 0 aromatic heterocycles. The van der Waals surface area contributed by atoms with Crippen molar-refractivity contribution in [1.82, 2.24) is 0 Å². The zero-order valence-corrected chi connectivity index (χ0v) is 12.1. The van der Waals surface area contributed by atoms with Crippen LogP contribution in [0.1, 0.15) is 26.7 Å². The summed E-state index contributed by atoms with van der Waals surface area (Å²) in [5.41, 5.74) is 0. The first kappa shape index (κ1) is 25.3. The normalized spacial score (nSPS) is 11.8. The maximum absolute atomic E-state index is 9.44. The number of rotatable bonds is 0. The van der Waals surface area contributed by atoms with Crippen molar-refractivity contribution in [2.45, 2.75) is 31.0 Å². The lowest BCUT2D eigenvalue weighted by Gasteiger charge is -1.76. The molecule has 1 fully saturated rings. The molecule has 0 bridgehead atoms. The van der Waals surface area contributed by atoms with E-state index >= 15 is 0 Å². The maximum atomic E-state index is 9.44. The van der Waals surface area contributed by atoms with E-state index in [1.165, 1.54) is 26.7 Å². The molecular formula is C9H21Cl3O4. The number of ketones is 1. The van der Waals surface area contributed by atoms with Gasteiger partial charge in [0.05, 0.1) is 0 Å². The Balaban J connectivity index is -0.0000000616. The van der Waals surface area contributed by atoms with Crippen molar-refractivity contribution in [3.05, 3.63) is 0 Å². The Morgan fingerprint density at radius 3 is 1.38 bits per heavy atom. The van der Waals surface area contributed by atoms with Gasteiger partial charge < -0.3 is 20.1 Å². The fourth-order valence-electron chi connectivity index (χ4n) is 0.510. The van der Waals surface area contributed by atoms with Crippen LogP contribution in [0.2, 0.25) is 0 Å². The summed E-state index contributed by atoms with van der Waals surface area (Å²) in [6, 6.07) is 0. The number of ether oxygens (including phenoxy) is 1. The number of carbonyl (C=O) groups excluding carboxylic acids is 1. The number of hydrogen-bond donors (Lipinski definition) is 1. The van der Waals surface area contributed by atoms with Crippen molar-refractivity contribution in [3.8, 4) is 0 Å². The molecule has 0 unspecified atom stereocenters.